The summed E-state index contributed by atoms with van der Waals surface area (Å²) < 4.78 is 18.6. The highest BCUT2D eigenvalue weighted by molar-refractivity contribution is 6.08. The van der Waals surface area contributed by atoms with E-state index in [2.05, 4.69) is 0 Å². The van der Waals surface area contributed by atoms with Crippen molar-refractivity contribution >= 4 is 13.8 Å². The molecule has 18 heavy (non-hydrogen) atoms. The largest absolute Gasteiger partial charge is 0.420 e. The van der Waals surface area contributed by atoms with Gasteiger partial charge in [0.2, 0.25) is 0 Å². The average Bonchev–Trinajstić information content (AvgIpc) is 2.42. The molecule has 0 saturated heterocycles. The molecule has 0 heterocycles. The van der Waals surface area contributed by atoms with E-state index in [-0.39, 0.29) is 5.75 Å². The van der Waals surface area contributed by atoms with Gasteiger partial charge in [-0.2, -0.15) is 0 Å². The third kappa shape index (κ3) is 2.77. The fourth-order valence-electron chi connectivity index (χ4n) is 1.58. The number of carbonyl (C=O) groups excluding carboxylic acids is 1. The Morgan fingerprint density at radius 2 is 1.89 bits per heavy atom. The van der Waals surface area contributed by atoms with Crippen LogP contribution in [0, 0.1) is 5.82 Å². The first kappa shape index (κ1) is 12.4. The molecular weight excluding hydrogens is 230 g/mol. The summed E-state index contributed by atoms with van der Waals surface area (Å²) >= 11 is 0. The molecule has 2 aromatic rings. The van der Waals surface area contributed by atoms with Crippen molar-refractivity contribution in [3.63, 3.8) is 0 Å². The lowest BCUT2D eigenvalue weighted by Crippen LogP contribution is -2.09. The van der Waals surface area contributed by atoms with E-state index in [0.29, 0.717) is 5.56 Å². The van der Waals surface area contributed by atoms with E-state index in [4.69, 9.17) is 4.74 Å². The topological polar surface area (TPSA) is 26.3 Å². The van der Waals surface area contributed by atoms with Crippen molar-refractivity contribution in [2.75, 3.05) is 0 Å². The predicted octanol–water partition coefficient (Wildman–Crippen LogP) is 2.18. The highest BCUT2D eigenvalue weighted by Crippen LogP contribution is 2.20. The van der Waals surface area contributed by atoms with E-state index >= 15 is 0 Å². The van der Waals surface area contributed by atoms with E-state index in [0.717, 1.165) is 11.9 Å². The summed E-state index contributed by atoms with van der Waals surface area (Å²) in [4.78, 5) is 11.8. The van der Waals surface area contributed by atoms with Crippen molar-refractivity contribution in [1.29, 1.82) is 0 Å². The fourth-order valence-corrected chi connectivity index (χ4v) is 1.58. The van der Waals surface area contributed by atoms with Gasteiger partial charge in [-0.3, -0.25) is 0 Å². The van der Waals surface area contributed by atoms with Crippen LogP contribution in [0.15, 0.2) is 48.5 Å². The summed E-state index contributed by atoms with van der Waals surface area (Å²) in [6.45, 7) is 0. The summed E-state index contributed by atoms with van der Waals surface area (Å²) in [7, 11) is 1.95. The van der Waals surface area contributed by atoms with Crippen LogP contribution in [0.1, 0.15) is 15.9 Å². The first-order chi connectivity index (χ1) is 8.70. The zero-order valence-corrected chi connectivity index (χ0v) is 10.0. The highest BCUT2D eigenvalue weighted by Gasteiger charge is 2.11. The number of ether oxygens (including phenoxy) is 1. The van der Waals surface area contributed by atoms with Crippen LogP contribution in [0.5, 0.6) is 5.75 Å². The molecule has 0 atom stereocenters. The van der Waals surface area contributed by atoms with Crippen molar-refractivity contribution in [2.45, 2.75) is 6.32 Å². The lowest BCUT2D eigenvalue weighted by molar-refractivity contribution is 0.0728. The Labute approximate surface area is 106 Å². The summed E-state index contributed by atoms with van der Waals surface area (Å²) in [5.41, 5.74) is 1.33. The quantitative estimate of drug-likeness (QED) is 0.468. The lowest BCUT2D eigenvalue weighted by atomic mass is 9.97. The van der Waals surface area contributed by atoms with Crippen LogP contribution >= 0.6 is 0 Å². The number of hydrogen-bond acceptors (Lipinski definition) is 2. The minimum Gasteiger partial charge on any atom is -0.420 e. The molecule has 0 aliphatic carbocycles. The third-order valence-electron chi connectivity index (χ3n) is 2.62. The molecule has 4 heteroatoms. The van der Waals surface area contributed by atoms with Gasteiger partial charge in [0.15, 0.2) is 11.6 Å². The summed E-state index contributed by atoms with van der Waals surface area (Å²) in [5, 5.41) is 0. The van der Waals surface area contributed by atoms with Crippen molar-refractivity contribution in [3.8, 4) is 5.75 Å². The molecule has 0 amide bonds. The Balaban J connectivity index is 2.21. The standard InChI is InChI=1S/C14H12BFO2/c15-9-10-6-7-12(16)13(8-10)18-14(17)11-4-2-1-3-5-11/h1-8H,9,15H2. The fraction of sp³-hybridized carbons (Fsp3) is 0.0714. The first-order valence-corrected chi connectivity index (χ1v) is 5.76. The molecule has 0 N–H and O–H groups in total. The second-order valence-corrected chi connectivity index (χ2v) is 3.87. The summed E-state index contributed by atoms with van der Waals surface area (Å²) in [5.74, 6) is -1.11. The smallest absolute Gasteiger partial charge is 0.343 e. The van der Waals surface area contributed by atoms with Gasteiger partial charge in [-0.1, -0.05) is 36.1 Å². The number of hydrogen-bond donors (Lipinski definition) is 0. The van der Waals surface area contributed by atoms with Crippen LogP contribution in [0.2, 0.25) is 0 Å². The minimum atomic E-state index is -0.553. The highest BCUT2D eigenvalue weighted by atomic mass is 19.1. The van der Waals surface area contributed by atoms with Crippen LogP contribution in [0.25, 0.3) is 0 Å². The number of halogens is 1. The van der Waals surface area contributed by atoms with Crippen LogP contribution in [0.4, 0.5) is 4.39 Å². The second-order valence-electron chi connectivity index (χ2n) is 3.87. The van der Waals surface area contributed by atoms with Crippen LogP contribution < -0.4 is 4.74 Å². The minimum absolute atomic E-state index is 0.0248. The molecule has 0 aliphatic rings. The van der Waals surface area contributed by atoms with E-state index < -0.39 is 11.8 Å². The molecule has 0 aliphatic heterocycles. The maximum atomic E-state index is 13.5. The Kier molecular flexibility index (Phi) is 3.77. The van der Waals surface area contributed by atoms with Crippen LogP contribution in [-0.4, -0.2) is 13.8 Å². The SMILES string of the molecule is BCc1ccc(F)c(OC(=O)c2ccccc2)c1. The zero-order chi connectivity index (χ0) is 13.0. The van der Waals surface area contributed by atoms with E-state index in [1.54, 1.807) is 42.5 Å². The number of rotatable bonds is 3. The average molecular weight is 242 g/mol. The van der Waals surface area contributed by atoms with Gasteiger partial charge in [0.05, 0.1) is 5.56 Å². The van der Waals surface area contributed by atoms with E-state index in [1.165, 1.54) is 6.07 Å². The number of esters is 1. The molecule has 2 rings (SSSR count). The number of benzene rings is 2. The Morgan fingerprint density at radius 1 is 1.17 bits per heavy atom. The van der Waals surface area contributed by atoms with E-state index in [1.807, 2.05) is 7.85 Å². The molecule has 0 bridgehead atoms. The molecule has 0 aromatic heterocycles. The van der Waals surface area contributed by atoms with Crippen molar-refractivity contribution < 1.29 is 13.9 Å². The van der Waals surface area contributed by atoms with Gasteiger partial charge in [0.25, 0.3) is 0 Å². The molecule has 0 fully saturated rings. The van der Waals surface area contributed by atoms with Gasteiger partial charge >= 0.3 is 5.97 Å². The van der Waals surface area contributed by atoms with Gasteiger partial charge in [-0.05, 0) is 24.3 Å². The van der Waals surface area contributed by atoms with E-state index in [9.17, 15) is 9.18 Å². The van der Waals surface area contributed by atoms with Crippen LogP contribution in [-0.2, 0) is 6.32 Å². The molecule has 2 aromatic carbocycles. The van der Waals surface area contributed by atoms with Gasteiger partial charge in [0, 0.05) is 0 Å². The second kappa shape index (κ2) is 5.49. The first-order valence-electron chi connectivity index (χ1n) is 5.76. The summed E-state index contributed by atoms with van der Waals surface area (Å²) in [6, 6.07) is 13.1. The maximum Gasteiger partial charge on any atom is 0.343 e. The van der Waals surface area contributed by atoms with Gasteiger partial charge in [0.1, 0.15) is 7.85 Å². The monoisotopic (exact) mass is 242 g/mol. The Morgan fingerprint density at radius 3 is 2.56 bits per heavy atom. The zero-order valence-electron chi connectivity index (χ0n) is 10.0. The maximum absolute atomic E-state index is 13.5. The van der Waals surface area contributed by atoms with Crippen LogP contribution in [0.3, 0.4) is 0 Å². The van der Waals surface area contributed by atoms with Gasteiger partial charge < -0.3 is 4.74 Å². The number of carbonyl (C=O) groups is 1. The molecule has 2 nitrogen and oxygen atoms in total. The Hall–Kier alpha value is -2.10. The lowest BCUT2D eigenvalue weighted by Gasteiger charge is -2.07. The summed E-state index contributed by atoms with van der Waals surface area (Å²) in [6.07, 6.45) is 0.760. The molecular formula is C14H12BFO2. The third-order valence-corrected chi connectivity index (χ3v) is 2.62. The molecule has 0 saturated carbocycles. The molecule has 0 radical (unpaired) electrons. The predicted molar refractivity (Wildman–Crippen MR) is 70.0 cm³/mol. The normalized spacial score (nSPS) is 10.1. The van der Waals surface area contributed by atoms with Gasteiger partial charge in [-0.25, -0.2) is 9.18 Å². The van der Waals surface area contributed by atoms with Crippen molar-refractivity contribution in [2.24, 2.45) is 0 Å². The van der Waals surface area contributed by atoms with Crippen molar-refractivity contribution in [3.05, 3.63) is 65.5 Å². The van der Waals surface area contributed by atoms with Crippen molar-refractivity contribution in [1.82, 2.24) is 0 Å². The Bertz CT molecular complexity index is 555. The molecule has 90 valence electrons. The van der Waals surface area contributed by atoms with Gasteiger partial charge in [-0.15, -0.1) is 0 Å². The molecule has 0 spiro atoms. The molecule has 0 unspecified atom stereocenters.